The molecule has 0 spiro atoms. The maximum absolute atomic E-state index is 13.0. The molecule has 1 aliphatic heterocycles. The zero-order valence-electron chi connectivity index (χ0n) is 43.4. The van der Waals surface area contributed by atoms with Crippen molar-refractivity contribution in [3.05, 3.63) is 153 Å². The van der Waals surface area contributed by atoms with Crippen molar-refractivity contribution in [2.24, 2.45) is 16.1 Å². The molecule has 1 N–H and O–H groups in total. The van der Waals surface area contributed by atoms with E-state index in [0.29, 0.717) is 80.1 Å². The van der Waals surface area contributed by atoms with Crippen LogP contribution in [0.4, 0.5) is 0 Å². The fourth-order valence-electron chi connectivity index (χ4n) is 7.77. The Morgan fingerprint density at radius 3 is 1.77 bits per heavy atom. The van der Waals surface area contributed by atoms with Crippen LogP contribution in [0.25, 0.3) is 32.0 Å². The van der Waals surface area contributed by atoms with E-state index in [1.165, 1.54) is 0 Å². The predicted molar refractivity (Wildman–Crippen MR) is 280 cm³/mol. The number of azide groups is 2. The highest BCUT2D eigenvalue weighted by atomic mass is 16.5. The van der Waals surface area contributed by atoms with E-state index in [1.54, 1.807) is 77.5 Å². The van der Waals surface area contributed by atoms with Crippen LogP contribution in [0, 0.1) is 5.92 Å². The Morgan fingerprint density at radius 1 is 0.689 bits per heavy atom. The summed E-state index contributed by atoms with van der Waals surface area (Å²) in [5.74, 6) is 1.31. The molecule has 4 aromatic carbocycles. The van der Waals surface area contributed by atoms with Gasteiger partial charge in [-0.15, -0.1) is 10.2 Å². The summed E-state index contributed by atoms with van der Waals surface area (Å²) in [6.45, 7) is 14.9. The topological polar surface area (TPSA) is 236 Å². The highest BCUT2D eigenvalue weighted by Crippen LogP contribution is 2.27. The van der Waals surface area contributed by atoms with E-state index in [4.69, 9.17) is 39.5 Å². The Kier molecular flexibility index (Phi) is 21.1. The van der Waals surface area contributed by atoms with Crippen LogP contribution in [0.3, 0.4) is 0 Å². The van der Waals surface area contributed by atoms with Gasteiger partial charge in [0.05, 0.1) is 55.3 Å². The molecule has 0 amide bonds. The summed E-state index contributed by atoms with van der Waals surface area (Å²) in [5.41, 5.74) is 24.7. The average Bonchev–Trinajstić information content (AvgIpc) is 4.01. The minimum absolute atomic E-state index is 0.0541. The van der Waals surface area contributed by atoms with E-state index in [2.05, 4.69) is 60.8 Å². The van der Waals surface area contributed by atoms with E-state index in [0.717, 1.165) is 54.6 Å². The lowest BCUT2D eigenvalue weighted by molar-refractivity contribution is -0.0157. The van der Waals surface area contributed by atoms with Crippen molar-refractivity contribution >= 4 is 11.9 Å². The molecule has 0 radical (unpaired) electrons. The lowest BCUT2D eigenvalue weighted by Crippen LogP contribution is -2.44. The van der Waals surface area contributed by atoms with E-state index in [-0.39, 0.29) is 24.2 Å². The Bertz CT molecular complexity index is 2690. The van der Waals surface area contributed by atoms with Gasteiger partial charge >= 0.3 is 11.9 Å². The van der Waals surface area contributed by atoms with Gasteiger partial charge in [-0.3, -0.25) is 5.01 Å². The van der Waals surface area contributed by atoms with Crippen LogP contribution < -0.4 is 24.4 Å². The lowest BCUT2D eigenvalue weighted by atomic mass is 9.88. The number of nitrogens with one attached hydrogen (secondary N) is 1. The molecule has 20 nitrogen and oxygen atoms in total. The number of carbonyl (C=O) groups is 2. The molecule has 6 rings (SSSR count). The molecule has 5 aromatic rings. The van der Waals surface area contributed by atoms with Crippen molar-refractivity contribution in [2.45, 2.75) is 110 Å². The molecule has 392 valence electrons. The monoisotopic (exact) mass is 1010 g/mol. The second kappa shape index (κ2) is 28.0. The maximum atomic E-state index is 13.0. The van der Waals surface area contributed by atoms with Gasteiger partial charge in [0.2, 0.25) is 0 Å². The molecule has 0 saturated carbocycles. The van der Waals surface area contributed by atoms with E-state index >= 15 is 0 Å². The first-order chi connectivity index (χ1) is 35.7. The SMILES string of the molecule is CC(CN=[N+]=[N-])OCCC(C)N1C=C(CCCOc2ccc(C(=O)Oc3ccc(-c4ccc(OC(=O)c5ccc(OCCCc6cn(CC(C)OCCC(C)C(C)(C)N=[N+]=[N-])nn6)cc5)cc4)cc3)cc2)NN1C. The largest absolute Gasteiger partial charge is 0.494 e. The molecule has 1 aromatic heterocycles. The molecule has 4 atom stereocenters. The summed E-state index contributed by atoms with van der Waals surface area (Å²) in [5, 5.41) is 20.1. The van der Waals surface area contributed by atoms with Crippen molar-refractivity contribution in [1.29, 1.82) is 0 Å². The third kappa shape index (κ3) is 17.6. The number of aromatic nitrogens is 3. The number of allylic oxidation sites excluding steroid dienone is 1. The van der Waals surface area contributed by atoms with Crippen LogP contribution in [-0.4, -0.2) is 101 Å². The van der Waals surface area contributed by atoms with E-state index in [9.17, 15) is 9.59 Å². The Morgan fingerprint density at radius 2 is 1.22 bits per heavy atom. The van der Waals surface area contributed by atoms with Gasteiger partial charge in [-0.25, -0.2) is 14.3 Å². The summed E-state index contributed by atoms with van der Waals surface area (Å²) in [6.07, 6.45) is 8.45. The van der Waals surface area contributed by atoms with Gasteiger partial charge in [0.1, 0.15) is 23.0 Å². The number of hydrazine groups is 2. The van der Waals surface area contributed by atoms with E-state index < -0.39 is 17.5 Å². The molecule has 2 heterocycles. The first-order valence-corrected chi connectivity index (χ1v) is 25.0. The zero-order valence-corrected chi connectivity index (χ0v) is 43.4. The number of carbonyl (C=O) groups excluding carboxylic acids is 2. The van der Waals surface area contributed by atoms with Gasteiger partial charge in [-0.2, -0.15) is 0 Å². The maximum Gasteiger partial charge on any atom is 0.343 e. The Balaban J connectivity index is 0.847. The number of hydrogen-bond acceptors (Lipinski definition) is 15. The molecular formula is C54H68N12O8. The number of hydrogen-bond donors (Lipinski definition) is 1. The first kappa shape index (κ1) is 55.7. The summed E-state index contributed by atoms with van der Waals surface area (Å²) < 4.78 is 36.7. The molecule has 0 fully saturated rings. The Labute approximate surface area is 432 Å². The number of ether oxygens (including phenoxy) is 6. The smallest absolute Gasteiger partial charge is 0.343 e. The lowest BCUT2D eigenvalue weighted by Gasteiger charge is -2.30. The normalized spacial score (nSPS) is 14.1. The van der Waals surface area contributed by atoms with Gasteiger partial charge < -0.3 is 33.8 Å². The van der Waals surface area contributed by atoms with Crippen molar-refractivity contribution < 1.29 is 38.0 Å². The molecular weight excluding hydrogens is 945 g/mol. The average molecular weight is 1010 g/mol. The summed E-state index contributed by atoms with van der Waals surface area (Å²) in [4.78, 5) is 31.7. The van der Waals surface area contributed by atoms with Crippen molar-refractivity contribution in [1.82, 2.24) is 30.5 Å². The van der Waals surface area contributed by atoms with Gasteiger partial charge in [0.15, 0.2) is 0 Å². The summed E-state index contributed by atoms with van der Waals surface area (Å²) >= 11 is 0. The van der Waals surface area contributed by atoms with Crippen LogP contribution >= 0.6 is 0 Å². The number of benzene rings is 4. The minimum Gasteiger partial charge on any atom is -0.494 e. The quantitative estimate of drug-likeness (QED) is 0.0113. The standard InChI is InChI=1S/C54H68N12O8/c1-38(54(5,6)60-62-56)28-32-70-41(4)35-65-36-46(58-63-65)10-8-30-71-48-20-16-44(17-21-48)52(67)73-50-24-12-42(13-25-50)43-14-26-51(27-15-43)74-53(68)45-18-22-49(23-19-45)72-31-9-11-47-37-66(64(7)59-47)39(2)29-33-69-40(3)34-57-61-55/h12-27,36-41,59H,8-11,28-35H2,1-7H3. The Hall–Kier alpha value is -7.60. The minimum atomic E-state index is -0.488. The van der Waals surface area contributed by atoms with Crippen molar-refractivity contribution in [2.75, 3.05) is 40.0 Å². The zero-order chi connectivity index (χ0) is 52.9. The second-order valence-corrected chi connectivity index (χ2v) is 18.8. The highest BCUT2D eigenvalue weighted by molar-refractivity contribution is 5.92. The molecule has 20 heteroatoms. The molecule has 0 saturated heterocycles. The van der Waals surface area contributed by atoms with Crippen LogP contribution in [0.5, 0.6) is 23.0 Å². The van der Waals surface area contributed by atoms with Crippen LogP contribution in [0.1, 0.15) is 100 Å². The molecule has 4 unspecified atom stereocenters. The molecule has 0 aliphatic carbocycles. The highest BCUT2D eigenvalue weighted by Gasteiger charge is 2.25. The van der Waals surface area contributed by atoms with Crippen LogP contribution in [0.2, 0.25) is 0 Å². The van der Waals surface area contributed by atoms with Gasteiger partial charge in [0, 0.05) is 59.8 Å². The number of aryl methyl sites for hydroxylation is 1. The van der Waals surface area contributed by atoms with Crippen LogP contribution in [-0.2, 0) is 22.4 Å². The summed E-state index contributed by atoms with van der Waals surface area (Å²) in [7, 11) is 1.97. The molecule has 0 bridgehead atoms. The fourth-order valence-corrected chi connectivity index (χ4v) is 7.77. The molecule has 1 aliphatic rings. The fraction of sp³-hybridized carbons (Fsp3) is 0.444. The summed E-state index contributed by atoms with van der Waals surface area (Å²) in [6, 6.07) is 28.3. The van der Waals surface area contributed by atoms with E-state index in [1.807, 2.05) is 70.3 Å². The third-order valence-corrected chi connectivity index (χ3v) is 12.6. The number of nitrogens with zero attached hydrogens (tertiary/aromatic N) is 11. The van der Waals surface area contributed by atoms with Crippen LogP contribution in [0.15, 0.2) is 125 Å². The first-order valence-electron chi connectivity index (χ1n) is 25.0. The van der Waals surface area contributed by atoms with Gasteiger partial charge in [-0.1, -0.05) is 60.5 Å². The van der Waals surface area contributed by atoms with Gasteiger partial charge in [0.25, 0.3) is 0 Å². The third-order valence-electron chi connectivity index (χ3n) is 12.6. The number of esters is 2. The predicted octanol–water partition coefficient (Wildman–Crippen LogP) is 11.1. The van der Waals surface area contributed by atoms with Gasteiger partial charge in [-0.05, 0) is 160 Å². The second-order valence-electron chi connectivity index (χ2n) is 18.8. The number of rotatable bonds is 30. The van der Waals surface area contributed by atoms with Crippen molar-refractivity contribution in [3.8, 4) is 34.1 Å². The van der Waals surface area contributed by atoms with Crippen molar-refractivity contribution in [3.63, 3.8) is 0 Å². The molecule has 74 heavy (non-hydrogen) atoms.